The van der Waals surface area contributed by atoms with Crippen LogP contribution in [-0.2, 0) is 4.79 Å². The van der Waals surface area contributed by atoms with E-state index in [1.807, 2.05) is 20.8 Å². The zero-order chi connectivity index (χ0) is 19.7. The summed E-state index contributed by atoms with van der Waals surface area (Å²) >= 11 is 7.10. The summed E-state index contributed by atoms with van der Waals surface area (Å²) in [5.74, 6) is -0.866. The fourth-order valence-corrected chi connectivity index (χ4v) is 3.75. The van der Waals surface area contributed by atoms with Crippen LogP contribution in [0.15, 0.2) is 34.2 Å². The number of amides is 1. The topological polar surface area (TPSA) is 79.8 Å². The molecular formula is C18H18ClFN4O2S. The Morgan fingerprint density at radius 3 is 2.85 bits per heavy atom. The minimum atomic E-state index is -0.494. The van der Waals surface area contributed by atoms with E-state index in [2.05, 4.69) is 15.3 Å². The third kappa shape index (κ3) is 4.17. The van der Waals surface area contributed by atoms with E-state index in [1.54, 1.807) is 10.6 Å². The van der Waals surface area contributed by atoms with Gasteiger partial charge in [-0.3, -0.25) is 14.2 Å². The summed E-state index contributed by atoms with van der Waals surface area (Å²) in [5, 5.41) is 3.27. The Kier molecular flexibility index (Phi) is 5.57. The number of hydrogen-bond acceptors (Lipinski definition) is 4. The lowest BCUT2D eigenvalue weighted by atomic mass is 10.3. The monoisotopic (exact) mass is 408 g/mol. The van der Waals surface area contributed by atoms with E-state index >= 15 is 0 Å². The summed E-state index contributed by atoms with van der Waals surface area (Å²) in [7, 11) is 0. The van der Waals surface area contributed by atoms with Gasteiger partial charge in [0.25, 0.3) is 5.56 Å². The van der Waals surface area contributed by atoms with Gasteiger partial charge in [0.1, 0.15) is 11.3 Å². The van der Waals surface area contributed by atoms with Crippen LogP contribution < -0.4 is 10.9 Å². The summed E-state index contributed by atoms with van der Waals surface area (Å²) < 4.78 is 14.9. The molecule has 2 N–H and O–H groups in total. The molecule has 0 aliphatic carbocycles. The number of benzene rings is 1. The van der Waals surface area contributed by atoms with Crippen molar-refractivity contribution >= 4 is 46.0 Å². The zero-order valence-corrected chi connectivity index (χ0v) is 16.5. The Morgan fingerprint density at radius 2 is 2.15 bits per heavy atom. The molecule has 2 aromatic heterocycles. The number of anilines is 1. The minimum absolute atomic E-state index is 0.000907. The number of carbonyl (C=O) groups excluding carboxylic acids is 1. The summed E-state index contributed by atoms with van der Waals surface area (Å²) in [4.78, 5) is 32.5. The molecule has 0 atom stereocenters. The number of hydrogen-bond donors (Lipinski definition) is 2. The number of carbonyl (C=O) groups is 1. The predicted octanol–water partition coefficient (Wildman–Crippen LogP) is 4.14. The normalized spacial score (nSPS) is 11.3. The number of nitrogens with zero attached hydrogens (tertiary/aromatic N) is 2. The van der Waals surface area contributed by atoms with E-state index in [-0.39, 0.29) is 34.0 Å². The van der Waals surface area contributed by atoms with Crippen molar-refractivity contribution in [3.05, 3.63) is 51.2 Å². The molecule has 27 heavy (non-hydrogen) atoms. The molecule has 9 heteroatoms. The fourth-order valence-electron chi connectivity index (χ4n) is 2.66. The van der Waals surface area contributed by atoms with Crippen LogP contribution in [0, 0.1) is 12.7 Å². The molecule has 6 nitrogen and oxygen atoms in total. The average Bonchev–Trinajstić information content (AvgIpc) is 2.96. The molecule has 3 aromatic rings. The summed E-state index contributed by atoms with van der Waals surface area (Å²) in [6.45, 7) is 5.60. The van der Waals surface area contributed by atoms with E-state index in [0.717, 1.165) is 23.5 Å². The highest BCUT2D eigenvalue weighted by atomic mass is 35.5. The summed E-state index contributed by atoms with van der Waals surface area (Å²) in [5.41, 5.74) is 1.87. The van der Waals surface area contributed by atoms with Gasteiger partial charge in [0.05, 0.1) is 22.0 Å². The molecule has 0 bridgehead atoms. The van der Waals surface area contributed by atoms with E-state index in [4.69, 9.17) is 11.6 Å². The SMILES string of the molecule is Cc1cc2nc(SCC(=O)Nc3cc(F)ccc3Cl)n(C(C)C)c(=O)c2[nH]1. The highest BCUT2D eigenvalue weighted by Crippen LogP contribution is 2.24. The largest absolute Gasteiger partial charge is 0.353 e. The molecule has 0 radical (unpaired) electrons. The first-order valence-electron chi connectivity index (χ1n) is 8.26. The first-order chi connectivity index (χ1) is 12.8. The van der Waals surface area contributed by atoms with Crippen molar-refractivity contribution in [3.63, 3.8) is 0 Å². The number of halogens is 2. The van der Waals surface area contributed by atoms with Gasteiger partial charge in [-0.15, -0.1) is 0 Å². The van der Waals surface area contributed by atoms with Crippen molar-refractivity contribution in [1.82, 2.24) is 14.5 Å². The molecule has 0 spiro atoms. The third-order valence-electron chi connectivity index (χ3n) is 3.84. The van der Waals surface area contributed by atoms with Crippen molar-refractivity contribution in [1.29, 1.82) is 0 Å². The number of aromatic nitrogens is 3. The lowest BCUT2D eigenvalue weighted by molar-refractivity contribution is -0.113. The van der Waals surface area contributed by atoms with Gasteiger partial charge in [-0.2, -0.15) is 0 Å². The predicted molar refractivity (Wildman–Crippen MR) is 106 cm³/mol. The van der Waals surface area contributed by atoms with E-state index in [1.165, 1.54) is 12.1 Å². The maximum absolute atomic E-state index is 13.3. The van der Waals surface area contributed by atoms with Crippen molar-refractivity contribution < 1.29 is 9.18 Å². The van der Waals surface area contributed by atoms with Crippen LogP contribution >= 0.6 is 23.4 Å². The van der Waals surface area contributed by atoms with Crippen LogP contribution in [0.1, 0.15) is 25.6 Å². The van der Waals surface area contributed by atoms with Gasteiger partial charge in [0.2, 0.25) is 5.91 Å². The first kappa shape index (κ1) is 19.4. The number of rotatable bonds is 5. The molecule has 1 amide bonds. The maximum atomic E-state index is 13.3. The fraction of sp³-hybridized carbons (Fsp3) is 0.278. The molecule has 142 valence electrons. The summed E-state index contributed by atoms with van der Waals surface area (Å²) in [6, 6.07) is 5.41. The van der Waals surface area contributed by atoms with Crippen molar-refractivity contribution in [2.24, 2.45) is 0 Å². The molecule has 0 saturated carbocycles. The Balaban J connectivity index is 1.83. The maximum Gasteiger partial charge on any atom is 0.278 e. The number of H-pyrrole nitrogens is 1. The Morgan fingerprint density at radius 1 is 1.41 bits per heavy atom. The standard InChI is InChI=1S/C18H18ClFN4O2S/c1-9(2)24-17(26)16-14(6-10(3)21-16)23-18(24)27-8-15(25)22-13-7-11(20)4-5-12(13)19/h4-7,9,21H,8H2,1-3H3,(H,22,25). The molecular weight excluding hydrogens is 391 g/mol. The number of fused-ring (bicyclic) bond motifs is 1. The van der Waals surface area contributed by atoms with Crippen LogP contribution in [0.25, 0.3) is 11.0 Å². The second kappa shape index (κ2) is 7.74. The highest BCUT2D eigenvalue weighted by molar-refractivity contribution is 7.99. The number of thioether (sulfide) groups is 1. The van der Waals surface area contributed by atoms with E-state index in [9.17, 15) is 14.0 Å². The van der Waals surface area contributed by atoms with Crippen LogP contribution in [0.5, 0.6) is 0 Å². The second-order valence-electron chi connectivity index (χ2n) is 6.34. The molecule has 2 heterocycles. The summed E-state index contributed by atoms with van der Waals surface area (Å²) in [6.07, 6.45) is 0. The van der Waals surface area contributed by atoms with Gasteiger partial charge >= 0.3 is 0 Å². The first-order valence-corrected chi connectivity index (χ1v) is 9.62. The van der Waals surface area contributed by atoms with Crippen LogP contribution in [-0.4, -0.2) is 26.2 Å². The molecule has 0 aliphatic rings. The average molecular weight is 409 g/mol. The molecule has 3 rings (SSSR count). The Hall–Kier alpha value is -2.32. The van der Waals surface area contributed by atoms with E-state index < -0.39 is 5.82 Å². The second-order valence-corrected chi connectivity index (χ2v) is 7.69. The van der Waals surface area contributed by atoms with Crippen LogP contribution in [0.2, 0.25) is 5.02 Å². The quantitative estimate of drug-likeness (QED) is 0.491. The minimum Gasteiger partial charge on any atom is -0.353 e. The Bertz CT molecular complexity index is 1080. The van der Waals surface area contributed by atoms with Gasteiger partial charge in [-0.05, 0) is 45.0 Å². The zero-order valence-electron chi connectivity index (χ0n) is 15.0. The Labute approximate surface area is 164 Å². The number of nitrogens with one attached hydrogen (secondary N) is 2. The highest BCUT2D eigenvalue weighted by Gasteiger charge is 2.17. The molecule has 0 fully saturated rings. The molecule has 0 aliphatic heterocycles. The lowest BCUT2D eigenvalue weighted by Crippen LogP contribution is -2.25. The lowest BCUT2D eigenvalue weighted by Gasteiger charge is -2.15. The van der Waals surface area contributed by atoms with Gasteiger partial charge < -0.3 is 10.3 Å². The smallest absolute Gasteiger partial charge is 0.278 e. The number of aryl methyl sites for hydroxylation is 1. The van der Waals surface area contributed by atoms with Crippen molar-refractivity contribution in [2.45, 2.75) is 32.0 Å². The van der Waals surface area contributed by atoms with Gasteiger partial charge in [-0.25, -0.2) is 9.37 Å². The molecule has 0 saturated heterocycles. The van der Waals surface area contributed by atoms with Crippen LogP contribution in [0.4, 0.5) is 10.1 Å². The van der Waals surface area contributed by atoms with Crippen molar-refractivity contribution in [3.8, 4) is 0 Å². The molecule has 0 unspecified atom stereocenters. The third-order valence-corrected chi connectivity index (χ3v) is 5.12. The van der Waals surface area contributed by atoms with Gasteiger partial charge in [-0.1, -0.05) is 23.4 Å². The van der Waals surface area contributed by atoms with Crippen molar-refractivity contribution in [2.75, 3.05) is 11.1 Å². The van der Waals surface area contributed by atoms with Crippen LogP contribution in [0.3, 0.4) is 0 Å². The van der Waals surface area contributed by atoms with Gasteiger partial charge in [0, 0.05) is 11.7 Å². The van der Waals surface area contributed by atoms with E-state index in [0.29, 0.717) is 16.2 Å². The molecule has 1 aromatic carbocycles. The number of aromatic amines is 1. The van der Waals surface area contributed by atoms with Gasteiger partial charge in [0.15, 0.2) is 5.16 Å².